The van der Waals surface area contributed by atoms with Crippen LogP contribution in [0, 0.1) is 0 Å². The molecule has 0 bridgehead atoms. The van der Waals surface area contributed by atoms with Gasteiger partial charge >= 0.3 is 0 Å². The molecule has 0 aromatic heterocycles. The molecule has 0 aliphatic carbocycles. The van der Waals surface area contributed by atoms with Crippen LogP contribution in [0.5, 0.6) is 0 Å². The lowest BCUT2D eigenvalue weighted by atomic mass is 10.2. The molecule has 0 aliphatic heterocycles. The molecule has 2 aromatic carbocycles. The van der Waals surface area contributed by atoms with E-state index in [9.17, 15) is 0 Å². The minimum Gasteiger partial charge on any atom is -0.380 e. The molecule has 0 radical (unpaired) electrons. The van der Waals surface area contributed by atoms with E-state index in [1.807, 2.05) is 17.8 Å². The number of anilines is 1. The van der Waals surface area contributed by atoms with Crippen molar-refractivity contribution in [2.24, 2.45) is 0 Å². The van der Waals surface area contributed by atoms with Crippen molar-refractivity contribution < 1.29 is 0 Å². The average molecular weight is 243 g/mol. The summed E-state index contributed by atoms with van der Waals surface area (Å²) in [6.45, 7) is 3.06. The zero-order chi connectivity index (χ0) is 11.9. The fraction of sp³-hybridized carbons (Fsp3) is 0.200. The van der Waals surface area contributed by atoms with E-state index < -0.39 is 0 Å². The molecule has 2 heteroatoms. The van der Waals surface area contributed by atoms with Crippen LogP contribution in [-0.4, -0.2) is 5.75 Å². The monoisotopic (exact) mass is 243 g/mol. The minimum atomic E-state index is 0.877. The average Bonchev–Trinajstić information content (AvgIpc) is 2.39. The van der Waals surface area contributed by atoms with Gasteiger partial charge in [-0.05, 0) is 23.4 Å². The molecule has 1 N–H and O–H groups in total. The first-order chi connectivity index (χ1) is 8.40. The molecule has 0 atom stereocenters. The molecule has 2 rings (SSSR count). The Kier molecular flexibility index (Phi) is 4.51. The number of para-hydroxylation sites is 1. The van der Waals surface area contributed by atoms with Crippen LogP contribution in [0.3, 0.4) is 0 Å². The van der Waals surface area contributed by atoms with E-state index in [-0.39, 0.29) is 0 Å². The number of hydrogen-bond donors (Lipinski definition) is 1. The lowest BCUT2D eigenvalue weighted by Gasteiger charge is -2.10. The number of hydrogen-bond acceptors (Lipinski definition) is 2. The van der Waals surface area contributed by atoms with Crippen LogP contribution in [-0.2, 0) is 6.54 Å². The molecule has 0 unspecified atom stereocenters. The largest absolute Gasteiger partial charge is 0.380 e. The first-order valence-electron chi connectivity index (χ1n) is 5.90. The highest BCUT2D eigenvalue weighted by molar-refractivity contribution is 7.99. The van der Waals surface area contributed by atoms with Crippen molar-refractivity contribution in [2.45, 2.75) is 18.4 Å². The summed E-state index contributed by atoms with van der Waals surface area (Å²) in [4.78, 5) is 1.32. The van der Waals surface area contributed by atoms with Crippen LogP contribution in [0.4, 0.5) is 5.69 Å². The molecule has 88 valence electrons. The summed E-state index contributed by atoms with van der Waals surface area (Å²) in [5.41, 5.74) is 2.53. The van der Waals surface area contributed by atoms with Gasteiger partial charge in [-0.1, -0.05) is 49.4 Å². The zero-order valence-corrected chi connectivity index (χ0v) is 10.8. The maximum Gasteiger partial charge on any atom is 0.0481 e. The van der Waals surface area contributed by atoms with Crippen molar-refractivity contribution in [3.63, 3.8) is 0 Å². The molecule has 17 heavy (non-hydrogen) atoms. The van der Waals surface area contributed by atoms with Crippen LogP contribution in [0.25, 0.3) is 0 Å². The predicted octanol–water partition coefficient (Wildman–Crippen LogP) is 4.41. The molecule has 0 amide bonds. The summed E-state index contributed by atoms with van der Waals surface area (Å²) in [5, 5.41) is 3.49. The van der Waals surface area contributed by atoms with E-state index in [2.05, 4.69) is 60.8 Å². The Labute approximate surface area is 107 Å². The predicted molar refractivity (Wildman–Crippen MR) is 76.6 cm³/mol. The van der Waals surface area contributed by atoms with Gasteiger partial charge in [-0.3, -0.25) is 0 Å². The number of rotatable bonds is 5. The van der Waals surface area contributed by atoms with Crippen molar-refractivity contribution >= 4 is 17.4 Å². The van der Waals surface area contributed by atoms with Gasteiger partial charge in [0.15, 0.2) is 0 Å². The normalized spacial score (nSPS) is 10.2. The Morgan fingerprint density at radius 2 is 1.65 bits per heavy atom. The molecule has 0 aliphatic rings. The molecule has 0 spiro atoms. The Morgan fingerprint density at radius 3 is 2.41 bits per heavy atom. The standard InChI is InChI=1S/C15H17NS/c1-2-17-15-11-7-6-10-14(15)16-12-13-8-4-3-5-9-13/h3-11,16H,2,12H2,1H3. The second-order valence-electron chi connectivity index (χ2n) is 3.77. The van der Waals surface area contributed by atoms with Crippen LogP contribution >= 0.6 is 11.8 Å². The SMILES string of the molecule is CCSc1ccccc1NCc1ccccc1. The second kappa shape index (κ2) is 6.36. The lowest BCUT2D eigenvalue weighted by molar-refractivity contribution is 1.13. The van der Waals surface area contributed by atoms with Crippen molar-refractivity contribution in [1.29, 1.82) is 0 Å². The Hall–Kier alpha value is -1.41. The van der Waals surface area contributed by atoms with Gasteiger partial charge in [0.25, 0.3) is 0 Å². The number of thioether (sulfide) groups is 1. The molecule has 0 heterocycles. The summed E-state index contributed by atoms with van der Waals surface area (Å²) in [6.07, 6.45) is 0. The quantitative estimate of drug-likeness (QED) is 0.781. The van der Waals surface area contributed by atoms with Gasteiger partial charge in [0.1, 0.15) is 0 Å². The van der Waals surface area contributed by atoms with Gasteiger partial charge in [-0.15, -0.1) is 11.8 Å². The second-order valence-corrected chi connectivity index (χ2v) is 5.07. The van der Waals surface area contributed by atoms with Crippen molar-refractivity contribution in [2.75, 3.05) is 11.1 Å². The van der Waals surface area contributed by atoms with E-state index in [0.29, 0.717) is 0 Å². The van der Waals surface area contributed by atoms with E-state index in [1.165, 1.54) is 16.1 Å². The highest BCUT2D eigenvalue weighted by Crippen LogP contribution is 2.26. The third-order valence-electron chi connectivity index (χ3n) is 2.51. The highest BCUT2D eigenvalue weighted by atomic mass is 32.2. The summed E-state index contributed by atoms with van der Waals surface area (Å²) in [6, 6.07) is 18.9. The third-order valence-corrected chi connectivity index (χ3v) is 3.47. The summed E-state index contributed by atoms with van der Waals surface area (Å²) >= 11 is 1.87. The molecule has 0 saturated heterocycles. The maximum absolute atomic E-state index is 3.49. The van der Waals surface area contributed by atoms with Gasteiger partial charge < -0.3 is 5.32 Å². The maximum atomic E-state index is 3.49. The highest BCUT2D eigenvalue weighted by Gasteiger charge is 2.00. The van der Waals surface area contributed by atoms with Gasteiger partial charge in [0.2, 0.25) is 0 Å². The Balaban J connectivity index is 2.03. The smallest absolute Gasteiger partial charge is 0.0481 e. The zero-order valence-electron chi connectivity index (χ0n) is 10.0. The molecule has 0 saturated carbocycles. The summed E-state index contributed by atoms with van der Waals surface area (Å²) in [7, 11) is 0. The summed E-state index contributed by atoms with van der Waals surface area (Å²) < 4.78 is 0. The lowest BCUT2D eigenvalue weighted by Crippen LogP contribution is -2.00. The van der Waals surface area contributed by atoms with E-state index in [1.54, 1.807) is 0 Å². The molecule has 2 aromatic rings. The molecular weight excluding hydrogens is 226 g/mol. The van der Waals surface area contributed by atoms with Crippen molar-refractivity contribution in [3.8, 4) is 0 Å². The fourth-order valence-electron chi connectivity index (χ4n) is 1.69. The van der Waals surface area contributed by atoms with Crippen LogP contribution in [0.15, 0.2) is 59.5 Å². The van der Waals surface area contributed by atoms with Gasteiger partial charge in [-0.25, -0.2) is 0 Å². The van der Waals surface area contributed by atoms with E-state index in [4.69, 9.17) is 0 Å². The van der Waals surface area contributed by atoms with E-state index >= 15 is 0 Å². The first kappa shape index (κ1) is 12.1. The van der Waals surface area contributed by atoms with Crippen molar-refractivity contribution in [1.82, 2.24) is 0 Å². The van der Waals surface area contributed by atoms with Gasteiger partial charge in [0, 0.05) is 17.1 Å². The Morgan fingerprint density at radius 1 is 0.941 bits per heavy atom. The summed E-state index contributed by atoms with van der Waals surface area (Å²) in [5.74, 6) is 1.10. The van der Waals surface area contributed by atoms with Crippen LogP contribution < -0.4 is 5.32 Å². The topological polar surface area (TPSA) is 12.0 Å². The molecule has 0 fully saturated rings. The van der Waals surface area contributed by atoms with Gasteiger partial charge in [0.05, 0.1) is 0 Å². The first-order valence-corrected chi connectivity index (χ1v) is 6.88. The van der Waals surface area contributed by atoms with Crippen LogP contribution in [0.1, 0.15) is 12.5 Å². The minimum absolute atomic E-state index is 0.877. The number of nitrogens with one attached hydrogen (secondary N) is 1. The number of benzene rings is 2. The van der Waals surface area contributed by atoms with Gasteiger partial charge in [-0.2, -0.15) is 0 Å². The third kappa shape index (κ3) is 3.53. The van der Waals surface area contributed by atoms with E-state index in [0.717, 1.165) is 12.3 Å². The van der Waals surface area contributed by atoms with Crippen LogP contribution in [0.2, 0.25) is 0 Å². The fourth-order valence-corrected chi connectivity index (χ4v) is 2.47. The Bertz CT molecular complexity index is 453. The molecular formula is C15H17NS. The molecule has 1 nitrogen and oxygen atoms in total. The van der Waals surface area contributed by atoms with Crippen molar-refractivity contribution in [3.05, 3.63) is 60.2 Å².